The van der Waals surface area contributed by atoms with Crippen molar-refractivity contribution in [2.24, 2.45) is 5.10 Å². The summed E-state index contributed by atoms with van der Waals surface area (Å²) in [6.45, 7) is 2.32. The van der Waals surface area contributed by atoms with Gasteiger partial charge in [-0.2, -0.15) is 5.10 Å². The Labute approximate surface area is 125 Å². The maximum absolute atomic E-state index is 13.0. The first-order chi connectivity index (χ1) is 10.2. The maximum Gasteiger partial charge on any atom is 0.254 e. The van der Waals surface area contributed by atoms with Gasteiger partial charge in [0.15, 0.2) is 0 Å². The minimum Gasteiger partial charge on any atom is -0.294 e. The van der Waals surface area contributed by atoms with Crippen LogP contribution in [0, 0.1) is 5.82 Å². The van der Waals surface area contributed by atoms with Crippen LogP contribution in [0.25, 0.3) is 0 Å². The first-order valence-corrected chi connectivity index (χ1v) is 7.54. The predicted molar refractivity (Wildman–Crippen MR) is 81.7 cm³/mol. The number of carbonyl (C=O) groups is 1. The Morgan fingerprint density at radius 2 is 1.95 bits per heavy atom. The van der Waals surface area contributed by atoms with Gasteiger partial charge in [-0.25, -0.2) is 9.82 Å². The second-order valence-corrected chi connectivity index (χ2v) is 5.39. The predicted octanol–water partition coefficient (Wildman–Crippen LogP) is 2.54. The van der Waals surface area contributed by atoms with E-state index in [-0.39, 0.29) is 11.7 Å². The summed E-state index contributed by atoms with van der Waals surface area (Å²) < 4.78 is 13.0. The second-order valence-electron chi connectivity index (χ2n) is 5.39. The van der Waals surface area contributed by atoms with Crippen LogP contribution in [-0.2, 0) is 4.79 Å². The molecule has 1 aromatic carbocycles. The van der Waals surface area contributed by atoms with E-state index in [1.165, 1.54) is 37.6 Å². The van der Waals surface area contributed by atoms with Crippen LogP contribution >= 0.6 is 0 Å². The molecule has 0 bridgehead atoms. The molecule has 1 fully saturated rings. The second kappa shape index (κ2) is 8.52. The van der Waals surface area contributed by atoms with Crippen LogP contribution in [0.4, 0.5) is 4.39 Å². The lowest BCUT2D eigenvalue weighted by molar-refractivity contribution is -0.122. The topological polar surface area (TPSA) is 44.7 Å². The molecule has 0 aliphatic carbocycles. The van der Waals surface area contributed by atoms with Gasteiger partial charge < -0.3 is 0 Å². The van der Waals surface area contributed by atoms with Crippen molar-refractivity contribution in [1.29, 1.82) is 0 Å². The third-order valence-electron chi connectivity index (χ3n) is 3.57. The van der Waals surface area contributed by atoms with Crippen molar-refractivity contribution in [3.63, 3.8) is 0 Å². The highest BCUT2D eigenvalue weighted by Gasteiger charge is 2.11. The lowest BCUT2D eigenvalue weighted by atomic mass is 10.1. The third-order valence-corrected chi connectivity index (χ3v) is 3.57. The molecule has 0 spiro atoms. The quantitative estimate of drug-likeness (QED) is 0.684. The van der Waals surface area contributed by atoms with Gasteiger partial charge in [-0.1, -0.05) is 31.4 Å². The van der Waals surface area contributed by atoms with Crippen LogP contribution < -0.4 is 5.43 Å². The lowest BCUT2D eigenvalue weighted by Gasteiger charge is -2.23. The number of hydrazone groups is 1. The van der Waals surface area contributed by atoms with Gasteiger partial charge in [-0.05, 0) is 43.6 Å². The molecule has 0 saturated carbocycles. The van der Waals surface area contributed by atoms with Crippen molar-refractivity contribution < 1.29 is 9.18 Å². The molecule has 1 saturated heterocycles. The molecule has 1 amide bonds. The van der Waals surface area contributed by atoms with E-state index < -0.39 is 0 Å². The van der Waals surface area contributed by atoms with Crippen LogP contribution in [0.5, 0.6) is 0 Å². The van der Waals surface area contributed by atoms with Crippen molar-refractivity contribution in [1.82, 2.24) is 10.3 Å². The number of carbonyl (C=O) groups excluding carboxylic acids is 1. The number of hydrogen-bond acceptors (Lipinski definition) is 3. The average molecular weight is 291 g/mol. The van der Waals surface area contributed by atoms with Crippen LogP contribution in [0.3, 0.4) is 0 Å². The van der Waals surface area contributed by atoms with Gasteiger partial charge in [0.2, 0.25) is 0 Å². The van der Waals surface area contributed by atoms with Crippen molar-refractivity contribution in [3.05, 3.63) is 35.6 Å². The Morgan fingerprint density at radius 1 is 1.24 bits per heavy atom. The van der Waals surface area contributed by atoms with Gasteiger partial charge in [0.1, 0.15) is 5.82 Å². The highest BCUT2D eigenvalue weighted by atomic mass is 19.1. The molecular weight excluding hydrogens is 269 g/mol. The maximum atomic E-state index is 13.0. The van der Waals surface area contributed by atoms with E-state index in [1.54, 1.807) is 12.1 Å². The van der Waals surface area contributed by atoms with Crippen molar-refractivity contribution in [3.8, 4) is 0 Å². The zero-order chi connectivity index (χ0) is 14.9. The summed E-state index contributed by atoms with van der Waals surface area (Å²) >= 11 is 0. The fourth-order valence-electron chi connectivity index (χ4n) is 2.48. The Morgan fingerprint density at radius 3 is 2.67 bits per heavy atom. The third kappa shape index (κ3) is 6.04. The molecule has 0 radical (unpaired) electrons. The molecule has 0 unspecified atom stereocenters. The average Bonchev–Trinajstić information content (AvgIpc) is 2.42. The number of nitrogens with zero attached hydrogens (tertiary/aromatic N) is 2. The number of nitrogens with one attached hydrogen (secondary N) is 1. The van der Waals surface area contributed by atoms with Gasteiger partial charge >= 0.3 is 0 Å². The van der Waals surface area contributed by atoms with E-state index >= 15 is 0 Å². The van der Waals surface area contributed by atoms with Crippen molar-refractivity contribution in [2.45, 2.75) is 32.1 Å². The Kier molecular flexibility index (Phi) is 6.34. The summed E-state index contributed by atoms with van der Waals surface area (Å²) in [6.07, 6.45) is 7.55. The van der Waals surface area contributed by atoms with E-state index in [0.717, 1.165) is 25.9 Å². The van der Waals surface area contributed by atoms with Gasteiger partial charge in [0.05, 0.1) is 12.8 Å². The monoisotopic (exact) mass is 291 g/mol. The number of hydrogen-bond donors (Lipinski definition) is 1. The number of likely N-dealkylation sites (tertiary alicyclic amines) is 1. The number of rotatable bonds is 4. The molecule has 1 aromatic rings. The Hall–Kier alpha value is -1.75. The van der Waals surface area contributed by atoms with E-state index in [1.807, 2.05) is 0 Å². The van der Waals surface area contributed by atoms with Crippen LogP contribution in [0.15, 0.2) is 29.4 Å². The Balaban J connectivity index is 1.76. The van der Waals surface area contributed by atoms with Gasteiger partial charge in [-0.15, -0.1) is 0 Å². The molecule has 21 heavy (non-hydrogen) atoms. The highest BCUT2D eigenvalue weighted by molar-refractivity contribution is 5.83. The van der Waals surface area contributed by atoms with Crippen LogP contribution in [-0.4, -0.2) is 36.7 Å². The minimum atomic E-state index is -0.314. The first-order valence-electron chi connectivity index (χ1n) is 7.54. The van der Waals surface area contributed by atoms with Crippen LogP contribution in [0.1, 0.15) is 37.7 Å². The zero-order valence-electron chi connectivity index (χ0n) is 12.2. The fraction of sp³-hybridized carbons (Fsp3) is 0.500. The number of amides is 1. The largest absolute Gasteiger partial charge is 0.294 e. The molecule has 4 nitrogen and oxygen atoms in total. The first kappa shape index (κ1) is 15.6. The summed E-state index contributed by atoms with van der Waals surface area (Å²) in [4.78, 5) is 14.0. The highest BCUT2D eigenvalue weighted by Crippen LogP contribution is 2.09. The summed E-state index contributed by atoms with van der Waals surface area (Å²) in [5.41, 5.74) is 3.13. The SMILES string of the molecule is O=C(CN1CCCCCCC1)N/N=C/c1cccc(F)c1. The molecular formula is C16H22FN3O. The van der Waals surface area contributed by atoms with Crippen molar-refractivity contribution in [2.75, 3.05) is 19.6 Å². The standard InChI is InChI=1S/C16H22FN3O/c17-15-8-6-7-14(11-15)12-18-19-16(21)13-20-9-4-2-1-3-5-10-20/h6-8,11-12H,1-5,9-10,13H2,(H,19,21)/b18-12+. The molecule has 1 N–H and O–H groups in total. The van der Waals surface area contributed by atoms with Gasteiger partial charge in [-0.3, -0.25) is 9.69 Å². The molecule has 0 atom stereocenters. The van der Waals surface area contributed by atoms with E-state index in [2.05, 4.69) is 15.4 Å². The summed E-state index contributed by atoms with van der Waals surface area (Å²) in [5, 5.41) is 3.87. The minimum absolute atomic E-state index is 0.122. The zero-order valence-corrected chi connectivity index (χ0v) is 12.2. The van der Waals surface area contributed by atoms with E-state index in [9.17, 15) is 9.18 Å². The molecule has 1 aliphatic heterocycles. The van der Waals surface area contributed by atoms with E-state index in [4.69, 9.17) is 0 Å². The summed E-state index contributed by atoms with van der Waals surface area (Å²) in [7, 11) is 0. The molecule has 114 valence electrons. The molecule has 0 aromatic heterocycles. The van der Waals surface area contributed by atoms with Gasteiger partial charge in [0.25, 0.3) is 5.91 Å². The van der Waals surface area contributed by atoms with Crippen molar-refractivity contribution >= 4 is 12.1 Å². The smallest absolute Gasteiger partial charge is 0.254 e. The molecule has 1 heterocycles. The Bertz CT molecular complexity index is 482. The molecule has 2 rings (SSSR count). The molecule has 1 aliphatic rings. The number of benzene rings is 1. The normalized spacial score (nSPS) is 17.4. The lowest BCUT2D eigenvalue weighted by Crippen LogP contribution is -2.37. The fourth-order valence-corrected chi connectivity index (χ4v) is 2.48. The van der Waals surface area contributed by atoms with Crippen LogP contribution in [0.2, 0.25) is 0 Å². The molecule has 5 heteroatoms. The summed E-state index contributed by atoms with van der Waals surface area (Å²) in [5.74, 6) is -0.436. The summed E-state index contributed by atoms with van der Waals surface area (Å²) in [6, 6.07) is 6.08. The number of halogens is 1. The van der Waals surface area contributed by atoms with Gasteiger partial charge in [0, 0.05) is 0 Å². The van der Waals surface area contributed by atoms with E-state index in [0.29, 0.717) is 12.1 Å².